The van der Waals surface area contributed by atoms with E-state index in [9.17, 15) is 24.5 Å². The number of nitrogens with zero attached hydrogens (tertiary/aromatic N) is 2. The van der Waals surface area contributed by atoms with Crippen molar-refractivity contribution in [2.24, 2.45) is 17.8 Å². The largest absolute Gasteiger partial charge is 0.456 e. The van der Waals surface area contributed by atoms with E-state index in [0.29, 0.717) is 6.54 Å². The molecule has 1 aromatic carbocycles. The lowest BCUT2D eigenvalue weighted by Gasteiger charge is -2.29. The zero-order chi connectivity index (χ0) is 20.3. The van der Waals surface area contributed by atoms with E-state index in [0.717, 1.165) is 24.1 Å². The number of rotatable bonds is 6. The lowest BCUT2D eigenvalue weighted by atomic mass is 9.88. The molecule has 1 aliphatic heterocycles. The number of nitro groups is 1. The predicted molar refractivity (Wildman–Crippen MR) is 100 cm³/mol. The van der Waals surface area contributed by atoms with Gasteiger partial charge >= 0.3 is 5.97 Å². The maximum absolute atomic E-state index is 12.5. The molecule has 28 heavy (non-hydrogen) atoms. The van der Waals surface area contributed by atoms with Crippen LogP contribution >= 0.6 is 0 Å². The molecule has 0 spiro atoms. The van der Waals surface area contributed by atoms with E-state index in [2.05, 4.69) is 0 Å². The summed E-state index contributed by atoms with van der Waals surface area (Å²) >= 11 is 0. The molecular weight excluding hydrogens is 364 g/mol. The van der Waals surface area contributed by atoms with Crippen LogP contribution in [0.1, 0.15) is 31.7 Å². The monoisotopic (exact) mass is 388 g/mol. The molecule has 150 valence electrons. The van der Waals surface area contributed by atoms with Crippen LogP contribution in [-0.4, -0.2) is 42.3 Å². The Morgan fingerprint density at radius 3 is 2.82 bits per heavy atom. The standard InChI is InChI=1S/C20H24N2O6/c1-13-9-18(23)15(16(13)11-22(26)27)10-20(25)28-12-19(24)21-8-4-6-14-5-2-3-7-17(14)21/h2-3,5,7,13,15-16H,4,6,8-12H2,1H3/t13-,15-,16-/m1/s1. The summed E-state index contributed by atoms with van der Waals surface area (Å²) < 4.78 is 5.12. The van der Waals surface area contributed by atoms with Crippen LogP contribution in [0.2, 0.25) is 0 Å². The van der Waals surface area contributed by atoms with Crippen LogP contribution < -0.4 is 4.90 Å². The van der Waals surface area contributed by atoms with Crippen molar-refractivity contribution in [1.82, 2.24) is 0 Å². The lowest BCUT2D eigenvalue weighted by Crippen LogP contribution is -2.38. The number of anilines is 1. The van der Waals surface area contributed by atoms with Gasteiger partial charge in [0.1, 0.15) is 5.78 Å². The van der Waals surface area contributed by atoms with Gasteiger partial charge in [0, 0.05) is 35.4 Å². The van der Waals surface area contributed by atoms with Crippen molar-refractivity contribution in [3.8, 4) is 0 Å². The molecule has 1 amide bonds. The van der Waals surface area contributed by atoms with E-state index in [1.165, 1.54) is 0 Å². The predicted octanol–water partition coefficient (Wildman–Crippen LogP) is 2.02. The molecule has 3 rings (SSSR count). The third-order valence-corrected chi connectivity index (χ3v) is 5.70. The van der Waals surface area contributed by atoms with Gasteiger partial charge in [-0.15, -0.1) is 0 Å². The number of fused-ring (bicyclic) bond motifs is 1. The van der Waals surface area contributed by atoms with Crippen molar-refractivity contribution in [1.29, 1.82) is 0 Å². The molecule has 0 aromatic heterocycles. The Morgan fingerprint density at radius 2 is 2.07 bits per heavy atom. The Hall–Kier alpha value is -2.77. The maximum Gasteiger partial charge on any atom is 0.307 e. The van der Waals surface area contributed by atoms with E-state index < -0.39 is 29.3 Å². The number of aryl methyl sites for hydroxylation is 1. The minimum atomic E-state index is -0.710. The maximum atomic E-state index is 12.5. The van der Waals surface area contributed by atoms with Crippen LogP contribution in [0, 0.1) is 27.9 Å². The van der Waals surface area contributed by atoms with Gasteiger partial charge in [0.05, 0.1) is 6.42 Å². The Kier molecular flexibility index (Phi) is 6.06. The number of amides is 1. The highest BCUT2D eigenvalue weighted by Gasteiger charge is 2.44. The number of hydrogen-bond acceptors (Lipinski definition) is 6. The van der Waals surface area contributed by atoms with Gasteiger partial charge in [0.15, 0.2) is 6.61 Å². The average molecular weight is 388 g/mol. The van der Waals surface area contributed by atoms with Crippen molar-refractivity contribution in [2.75, 3.05) is 24.6 Å². The highest BCUT2D eigenvalue weighted by atomic mass is 16.6. The smallest absolute Gasteiger partial charge is 0.307 e. The SMILES string of the molecule is C[C@@H]1CC(=O)[C@H](CC(=O)OCC(=O)N2CCCc3ccccc32)[C@@H]1C[N+](=O)[O-]. The third kappa shape index (κ3) is 4.37. The number of hydrogen-bond donors (Lipinski definition) is 0. The molecule has 8 heteroatoms. The number of ketones is 1. The molecular formula is C20H24N2O6. The van der Waals surface area contributed by atoms with E-state index >= 15 is 0 Å². The van der Waals surface area contributed by atoms with Crippen LogP contribution in [0.3, 0.4) is 0 Å². The summed E-state index contributed by atoms with van der Waals surface area (Å²) in [4.78, 5) is 48.9. The first kappa shape index (κ1) is 20.0. The number of carbonyl (C=O) groups excluding carboxylic acids is 3. The minimum Gasteiger partial charge on any atom is -0.456 e. The number of carbonyl (C=O) groups is 3. The lowest BCUT2D eigenvalue weighted by molar-refractivity contribution is -0.490. The highest BCUT2D eigenvalue weighted by molar-refractivity contribution is 5.96. The number of Topliss-reactive ketones (excluding diaryl/α,β-unsaturated/α-hetero) is 1. The number of benzene rings is 1. The molecule has 1 aromatic rings. The van der Waals surface area contributed by atoms with Crippen molar-refractivity contribution in [3.63, 3.8) is 0 Å². The fourth-order valence-corrected chi connectivity index (χ4v) is 4.25. The first-order valence-electron chi connectivity index (χ1n) is 9.55. The molecule has 0 bridgehead atoms. The van der Waals surface area contributed by atoms with E-state index in [1.54, 1.807) is 11.8 Å². The topological polar surface area (TPSA) is 107 Å². The summed E-state index contributed by atoms with van der Waals surface area (Å²) in [7, 11) is 0. The fourth-order valence-electron chi connectivity index (χ4n) is 4.25. The second-order valence-electron chi connectivity index (χ2n) is 7.58. The Labute approximate surface area is 163 Å². The third-order valence-electron chi connectivity index (χ3n) is 5.70. The first-order chi connectivity index (χ1) is 13.4. The van der Waals surface area contributed by atoms with Gasteiger partial charge in [-0.25, -0.2) is 0 Å². The quantitative estimate of drug-likeness (QED) is 0.419. The molecule has 0 unspecified atom stereocenters. The molecule has 1 aliphatic carbocycles. The van der Waals surface area contributed by atoms with Gasteiger partial charge < -0.3 is 9.64 Å². The average Bonchev–Trinajstić information content (AvgIpc) is 2.92. The van der Waals surface area contributed by atoms with Crippen LogP contribution in [0.5, 0.6) is 0 Å². The zero-order valence-electron chi connectivity index (χ0n) is 15.8. The number of ether oxygens (including phenoxy) is 1. The number of esters is 1. The van der Waals surface area contributed by atoms with Gasteiger partial charge in [-0.1, -0.05) is 25.1 Å². The molecule has 2 aliphatic rings. The summed E-state index contributed by atoms with van der Waals surface area (Å²) in [6.45, 7) is 1.61. The molecule has 3 atom stereocenters. The normalized spacial score (nSPS) is 24.0. The summed E-state index contributed by atoms with van der Waals surface area (Å²) in [6, 6.07) is 7.63. The molecule has 8 nitrogen and oxygen atoms in total. The van der Waals surface area contributed by atoms with E-state index in [-0.39, 0.29) is 37.0 Å². The van der Waals surface area contributed by atoms with Gasteiger partial charge in [0.2, 0.25) is 6.54 Å². The second-order valence-corrected chi connectivity index (χ2v) is 7.58. The summed E-state index contributed by atoms with van der Waals surface area (Å²) in [5, 5.41) is 10.9. The van der Waals surface area contributed by atoms with Crippen LogP contribution in [0.15, 0.2) is 24.3 Å². The van der Waals surface area contributed by atoms with Gasteiger partial charge in [-0.2, -0.15) is 0 Å². The van der Waals surface area contributed by atoms with E-state index in [4.69, 9.17) is 4.74 Å². The van der Waals surface area contributed by atoms with Crippen LogP contribution in [0.25, 0.3) is 0 Å². The summed E-state index contributed by atoms with van der Waals surface area (Å²) in [5.74, 6) is -2.44. The van der Waals surface area contributed by atoms with E-state index in [1.807, 2.05) is 24.3 Å². The van der Waals surface area contributed by atoms with Gasteiger partial charge in [-0.05, 0) is 30.4 Å². The van der Waals surface area contributed by atoms with Gasteiger partial charge in [0.25, 0.3) is 5.91 Å². The van der Waals surface area contributed by atoms with Crippen molar-refractivity contribution in [3.05, 3.63) is 39.9 Å². The van der Waals surface area contributed by atoms with Crippen molar-refractivity contribution >= 4 is 23.3 Å². The molecule has 0 radical (unpaired) electrons. The highest BCUT2D eigenvalue weighted by Crippen LogP contribution is 2.36. The Bertz CT molecular complexity index is 793. The van der Waals surface area contributed by atoms with Crippen molar-refractivity contribution in [2.45, 2.75) is 32.6 Å². The Balaban J connectivity index is 1.56. The molecule has 0 N–H and O–H groups in total. The van der Waals surface area contributed by atoms with Crippen molar-refractivity contribution < 1.29 is 24.0 Å². The Morgan fingerprint density at radius 1 is 1.32 bits per heavy atom. The number of para-hydroxylation sites is 1. The molecule has 0 saturated heterocycles. The van der Waals surface area contributed by atoms with Gasteiger partial charge in [-0.3, -0.25) is 24.5 Å². The van der Waals surface area contributed by atoms with Crippen LogP contribution in [-0.2, 0) is 25.5 Å². The van der Waals surface area contributed by atoms with Crippen LogP contribution in [0.4, 0.5) is 5.69 Å². The summed E-state index contributed by atoms with van der Waals surface area (Å²) in [6.07, 6.45) is 1.76. The fraction of sp³-hybridized carbons (Fsp3) is 0.550. The first-order valence-corrected chi connectivity index (χ1v) is 9.55. The second kappa shape index (κ2) is 8.50. The molecule has 1 fully saturated rings. The molecule has 1 saturated carbocycles. The summed E-state index contributed by atoms with van der Waals surface area (Å²) in [5.41, 5.74) is 1.92. The molecule has 1 heterocycles. The minimum absolute atomic E-state index is 0.137. The zero-order valence-corrected chi connectivity index (χ0v) is 15.8.